The van der Waals surface area contributed by atoms with Crippen molar-refractivity contribution < 1.29 is 18.0 Å². The van der Waals surface area contributed by atoms with Gasteiger partial charge in [-0.05, 0) is 57.2 Å². The quantitative estimate of drug-likeness (QED) is 0.513. The van der Waals surface area contributed by atoms with Crippen LogP contribution < -0.4 is 15.4 Å². The van der Waals surface area contributed by atoms with Crippen LogP contribution in [0.25, 0.3) is 11.4 Å². The van der Waals surface area contributed by atoms with Crippen LogP contribution in [-0.4, -0.2) is 52.3 Å². The third-order valence-electron chi connectivity index (χ3n) is 5.55. The van der Waals surface area contributed by atoms with Crippen LogP contribution in [0, 0.1) is 6.92 Å². The second-order valence-electron chi connectivity index (χ2n) is 8.35. The molecule has 3 N–H and O–H groups in total. The number of amides is 2. The predicted molar refractivity (Wildman–Crippen MR) is 126 cm³/mol. The van der Waals surface area contributed by atoms with Gasteiger partial charge in [-0.3, -0.25) is 9.59 Å². The Hall–Kier alpha value is -3.27. The second kappa shape index (κ2) is 8.93. The van der Waals surface area contributed by atoms with Crippen LogP contribution in [0.15, 0.2) is 64.6 Å². The van der Waals surface area contributed by atoms with Gasteiger partial charge in [0.2, 0.25) is 10.0 Å². The Morgan fingerprint density at radius 1 is 0.818 bits per heavy atom. The summed E-state index contributed by atoms with van der Waals surface area (Å²) in [6, 6.07) is 13.7. The van der Waals surface area contributed by atoms with E-state index in [0.29, 0.717) is 35.5 Å². The Morgan fingerprint density at radius 2 is 1.30 bits per heavy atom. The SMILES string of the molecule is Cc1ccc(C2=C3C(=O)NC(c4ccc(S(=O)(=O)NCCCN(C)C)cc4)=C3C(=O)N2)cc1. The molecule has 0 unspecified atom stereocenters. The molecular formula is C24H26N4O4S. The van der Waals surface area contributed by atoms with E-state index in [-0.39, 0.29) is 22.3 Å². The molecule has 8 nitrogen and oxygen atoms in total. The molecule has 0 fully saturated rings. The molecule has 9 heteroatoms. The number of fused-ring (bicyclic) bond motifs is 1. The largest absolute Gasteiger partial charge is 0.321 e. The zero-order valence-corrected chi connectivity index (χ0v) is 19.5. The van der Waals surface area contributed by atoms with Crippen LogP contribution in [0.2, 0.25) is 0 Å². The molecule has 2 aliphatic rings. The summed E-state index contributed by atoms with van der Waals surface area (Å²) in [5.41, 5.74) is 3.80. The first-order valence-corrected chi connectivity index (χ1v) is 12.1. The molecule has 0 radical (unpaired) electrons. The van der Waals surface area contributed by atoms with E-state index in [2.05, 4.69) is 15.4 Å². The van der Waals surface area contributed by atoms with Gasteiger partial charge in [-0.15, -0.1) is 0 Å². The molecular weight excluding hydrogens is 440 g/mol. The topological polar surface area (TPSA) is 108 Å². The van der Waals surface area contributed by atoms with Gasteiger partial charge < -0.3 is 15.5 Å². The maximum Gasteiger partial charge on any atom is 0.258 e. The summed E-state index contributed by atoms with van der Waals surface area (Å²) in [7, 11) is 0.214. The van der Waals surface area contributed by atoms with Crippen molar-refractivity contribution in [3.05, 3.63) is 76.4 Å². The van der Waals surface area contributed by atoms with Gasteiger partial charge in [0.1, 0.15) is 0 Å². The van der Waals surface area contributed by atoms with Crippen molar-refractivity contribution in [2.75, 3.05) is 27.2 Å². The third-order valence-corrected chi connectivity index (χ3v) is 7.03. The Balaban J connectivity index is 1.61. The Morgan fingerprint density at radius 3 is 1.79 bits per heavy atom. The summed E-state index contributed by atoms with van der Waals surface area (Å²) in [5.74, 6) is -0.735. The summed E-state index contributed by atoms with van der Waals surface area (Å²) in [5, 5.41) is 5.58. The summed E-state index contributed by atoms with van der Waals surface area (Å²) in [4.78, 5) is 27.6. The van der Waals surface area contributed by atoms with Crippen LogP contribution in [-0.2, 0) is 19.6 Å². The van der Waals surface area contributed by atoms with E-state index >= 15 is 0 Å². The van der Waals surface area contributed by atoms with Crippen molar-refractivity contribution in [3.63, 3.8) is 0 Å². The number of benzene rings is 2. The van der Waals surface area contributed by atoms with Crippen molar-refractivity contribution >= 4 is 33.2 Å². The minimum atomic E-state index is -3.65. The van der Waals surface area contributed by atoms with E-state index < -0.39 is 10.0 Å². The maximum atomic E-state index is 12.7. The fourth-order valence-corrected chi connectivity index (χ4v) is 4.89. The number of carbonyl (C=O) groups is 2. The van der Waals surface area contributed by atoms with E-state index in [0.717, 1.165) is 17.7 Å². The summed E-state index contributed by atoms with van der Waals surface area (Å²) in [6.45, 7) is 3.08. The molecule has 4 rings (SSSR count). The van der Waals surface area contributed by atoms with Gasteiger partial charge in [0, 0.05) is 6.54 Å². The molecule has 2 aromatic rings. The molecule has 0 aliphatic carbocycles. The highest BCUT2D eigenvalue weighted by Crippen LogP contribution is 2.37. The van der Waals surface area contributed by atoms with E-state index in [1.165, 1.54) is 12.1 Å². The fourth-order valence-electron chi connectivity index (χ4n) is 3.82. The average Bonchev–Trinajstić information content (AvgIpc) is 3.30. The predicted octanol–water partition coefficient (Wildman–Crippen LogP) is 1.61. The number of carbonyl (C=O) groups excluding carboxylic acids is 2. The molecule has 2 aromatic carbocycles. The van der Waals surface area contributed by atoms with Gasteiger partial charge in [0.25, 0.3) is 11.8 Å². The summed E-state index contributed by atoms with van der Waals surface area (Å²) < 4.78 is 27.7. The van der Waals surface area contributed by atoms with Crippen molar-refractivity contribution in [3.8, 4) is 0 Å². The smallest absolute Gasteiger partial charge is 0.258 e. The minimum Gasteiger partial charge on any atom is -0.321 e. The van der Waals surface area contributed by atoms with E-state index in [4.69, 9.17) is 0 Å². The van der Waals surface area contributed by atoms with Gasteiger partial charge in [-0.25, -0.2) is 13.1 Å². The minimum absolute atomic E-state index is 0.123. The van der Waals surface area contributed by atoms with Gasteiger partial charge in [0.05, 0.1) is 27.4 Å². The van der Waals surface area contributed by atoms with Crippen LogP contribution in [0.4, 0.5) is 0 Å². The van der Waals surface area contributed by atoms with Crippen molar-refractivity contribution in [2.45, 2.75) is 18.2 Å². The average molecular weight is 467 g/mol. The molecule has 2 aliphatic heterocycles. The molecule has 0 saturated heterocycles. The van der Waals surface area contributed by atoms with Gasteiger partial charge >= 0.3 is 0 Å². The Bertz CT molecular complexity index is 1270. The highest BCUT2D eigenvalue weighted by molar-refractivity contribution is 7.89. The first-order valence-electron chi connectivity index (χ1n) is 10.6. The highest BCUT2D eigenvalue weighted by atomic mass is 32.2. The van der Waals surface area contributed by atoms with Crippen molar-refractivity contribution in [2.24, 2.45) is 0 Å². The lowest BCUT2D eigenvalue weighted by atomic mass is 10.0. The maximum absolute atomic E-state index is 12.7. The number of sulfonamides is 1. The molecule has 0 atom stereocenters. The standard InChI is InChI=1S/C24H26N4O4S/c1-15-5-7-16(8-6-15)21-19-20(24(30)26-21)22(27-23(19)29)17-9-11-18(12-10-17)33(31,32)25-13-4-14-28(2)3/h5-12,25H,4,13-14H2,1-3H3,(H,26,30)(H,27,29). The molecule has 33 heavy (non-hydrogen) atoms. The highest BCUT2D eigenvalue weighted by Gasteiger charge is 2.40. The summed E-state index contributed by atoms with van der Waals surface area (Å²) >= 11 is 0. The van der Waals surface area contributed by atoms with Gasteiger partial charge in [-0.2, -0.15) is 0 Å². The number of nitrogens with zero attached hydrogens (tertiary/aromatic N) is 1. The molecule has 172 valence electrons. The molecule has 2 heterocycles. The zero-order chi connectivity index (χ0) is 23.8. The first-order chi connectivity index (χ1) is 15.7. The van der Waals surface area contributed by atoms with Crippen LogP contribution in [0.1, 0.15) is 23.1 Å². The van der Waals surface area contributed by atoms with Crippen LogP contribution in [0.5, 0.6) is 0 Å². The van der Waals surface area contributed by atoms with Gasteiger partial charge in [-0.1, -0.05) is 42.0 Å². The fraction of sp³-hybridized carbons (Fsp3) is 0.250. The molecule has 2 amide bonds. The number of rotatable bonds is 8. The first kappa shape index (κ1) is 22.9. The van der Waals surface area contributed by atoms with E-state index in [1.54, 1.807) is 12.1 Å². The van der Waals surface area contributed by atoms with Crippen molar-refractivity contribution in [1.29, 1.82) is 0 Å². The normalized spacial score (nSPS) is 15.9. The van der Waals surface area contributed by atoms with Gasteiger partial charge in [0.15, 0.2) is 0 Å². The van der Waals surface area contributed by atoms with Crippen LogP contribution in [0.3, 0.4) is 0 Å². The second-order valence-corrected chi connectivity index (χ2v) is 10.1. The number of hydrogen-bond donors (Lipinski definition) is 3. The summed E-state index contributed by atoms with van der Waals surface area (Å²) in [6.07, 6.45) is 0.695. The lowest BCUT2D eigenvalue weighted by Crippen LogP contribution is -2.27. The number of aryl methyl sites for hydroxylation is 1. The molecule has 0 bridgehead atoms. The lowest BCUT2D eigenvalue weighted by Gasteiger charge is -2.11. The van der Waals surface area contributed by atoms with Crippen LogP contribution >= 0.6 is 0 Å². The van der Waals surface area contributed by atoms with E-state index in [1.807, 2.05) is 50.2 Å². The monoisotopic (exact) mass is 466 g/mol. The molecule has 0 saturated carbocycles. The molecule has 0 spiro atoms. The lowest BCUT2D eigenvalue weighted by molar-refractivity contribution is -0.117. The molecule has 0 aromatic heterocycles. The number of nitrogens with one attached hydrogen (secondary N) is 3. The van der Waals surface area contributed by atoms with Crippen molar-refractivity contribution in [1.82, 2.24) is 20.3 Å². The number of hydrogen-bond acceptors (Lipinski definition) is 5. The third kappa shape index (κ3) is 4.61. The zero-order valence-electron chi connectivity index (χ0n) is 18.7. The van der Waals surface area contributed by atoms with E-state index in [9.17, 15) is 18.0 Å². The Kier molecular flexibility index (Phi) is 6.20. The Labute approximate surface area is 193 Å².